The highest BCUT2D eigenvalue weighted by atomic mass is 32.1. The number of halogens is 1. The largest absolute Gasteiger partial charge is 0.494 e. The van der Waals surface area contributed by atoms with E-state index in [1.165, 1.54) is 13.2 Å². The van der Waals surface area contributed by atoms with Crippen LogP contribution >= 0.6 is 11.3 Å². The number of aromatic nitrogens is 5. The summed E-state index contributed by atoms with van der Waals surface area (Å²) in [5.74, 6) is 1.42. The van der Waals surface area contributed by atoms with Crippen molar-refractivity contribution in [2.24, 2.45) is 7.05 Å². The predicted octanol–water partition coefficient (Wildman–Crippen LogP) is 3.73. The number of hydrogen-bond acceptors (Lipinski definition) is 6. The minimum atomic E-state index is -0.410. The molecular weight excluding hydrogens is 365 g/mol. The molecule has 138 valence electrons. The summed E-state index contributed by atoms with van der Waals surface area (Å²) in [4.78, 5) is 18.1. The molecule has 0 aliphatic heterocycles. The Kier molecular flexibility index (Phi) is 4.57. The van der Waals surface area contributed by atoms with E-state index in [4.69, 9.17) is 4.74 Å². The Bertz CT molecular complexity index is 1110. The molecule has 0 bridgehead atoms. The summed E-state index contributed by atoms with van der Waals surface area (Å²) in [5, 5.41) is 3.54. The highest BCUT2D eigenvalue weighted by Gasteiger charge is 2.13. The fourth-order valence-corrected chi connectivity index (χ4v) is 3.62. The maximum absolute atomic E-state index is 13.9. The first-order valence-electron chi connectivity index (χ1n) is 8.48. The second-order valence-electron chi connectivity index (χ2n) is 6.22. The number of fused-ring (bicyclic) bond motifs is 1. The van der Waals surface area contributed by atoms with E-state index in [0.29, 0.717) is 29.6 Å². The van der Waals surface area contributed by atoms with Crippen LogP contribution in [-0.4, -0.2) is 31.6 Å². The first kappa shape index (κ1) is 17.5. The highest BCUT2D eigenvalue weighted by molar-refractivity contribution is 7.13. The van der Waals surface area contributed by atoms with Gasteiger partial charge < -0.3 is 9.30 Å². The van der Waals surface area contributed by atoms with Gasteiger partial charge in [0, 0.05) is 54.8 Å². The van der Waals surface area contributed by atoms with Crippen molar-refractivity contribution in [1.82, 2.24) is 24.5 Å². The molecule has 1 aromatic carbocycles. The van der Waals surface area contributed by atoms with E-state index >= 15 is 0 Å². The molecule has 8 heteroatoms. The SMILES string of the molecule is COc1cc2nc(CCc3nc(-c4nccs4)cn3C)nc(C)c2cc1F. The minimum Gasteiger partial charge on any atom is -0.494 e. The van der Waals surface area contributed by atoms with Gasteiger partial charge in [0.2, 0.25) is 0 Å². The van der Waals surface area contributed by atoms with Crippen molar-refractivity contribution in [3.05, 3.63) is 53.1 Å². The summed E-state index contributed by atoms with van der Waals surface area (Å²) in [7, 11) is 3.42. The molecule has 0 atom stereocenters. The molecule has 4 aromatic rings. The van der Waals surface area contributed by atoms with Crippen LogP contribution in [0.5, 0.6) is 5.75 Å². The number of aryl methyl sites for hydroxylation is 4. The third-order valence-corrected chi connectivity index (χ3v) is 5.20. The molecule has 0 amide bonds. The number of benzene rings is 1. The predicted molar refractivity (Wildman–Crippen MR) is 103 cm³/mol. The van der Waals surface area contributed by atoms with E-state index in [1.807, 2.05) is 30.1 Å². The molecule has 0 aliphatic rings. The van der Waals surface area contributed by atoms with Crippen molar-refractivity contribution in [1.29, 1.82) is 0 Å². The van der Waals surface area contributed by atoms with Crippen LogP contribution in [0.2, 0.25) is 0 Å². The van der Waals surface area contributed by atoms with E-state index < -0.39 is 5.82 Å². The van der Waals surface area contributed by atoms with E-state index in [0.717, 1.165) is 22.2 Å². The Morgan fingerprint density at radius 1 is 1.19 bits per heavy atom. The van der Waals surface area contributed by atoms with Gasteiger partial charge in [-0.05, 0) is 13.0 Å². The van der Waals surface area contributed by atoms with E-state index in [9.17, 15) is 4.39 Å². The third kappa shape index (κ3) is 3.40. The van der Waals surface area contributed by atoms with Gasteiger partial charge in [0.25, 0.3) is 0 Å². The van der Waals surface area contributed by atoms with Crippen molar-refractivity contribution < 1.29 is 9.13 Å². The van der Waals surface area contributed by atoms with Gasteiger partial charge in [0.05, 0.1) is 12.6 Å². The maximum atomic E-state index is 13.9. The second kappa shape index (κ2) is 7.03. The number of rotatable bonds is 5. The Balaban J connectivity index is 1.60. The molecule has 0 fully saturated rings. The average molecular weight is 383 g/mol. The smallest absolute Gasteiger partial charge is 0.165 e. The lowest BCUT2D eigenvalue weighted by Gasteiger charge is -2.08. The van der Waals surface area contributed by atoms with Crippen LogP contribution in [0.25, 0.3) is 21.6 Å². The van der Waals surface area contributed by atoms with Crippen molar-refractivity contribution in [2.45, 2.75) is 19.8 Å². The zero-order valence-corrected chi connectivity index (χ0v) is 16.0. The molecule has 0 saturated heterocycles. The van der Waals surface area contributed by atoms with Crippen LogP contribution in [0.4, 0.5) is 4.39 Å². The summed E-state index contributed by atoms with van der Waals surface area (Å²) in [5.41, 5.74) is 2.30. The molecular formula is C19H18FN5OS. The fraction of sp³-hybridized carbons (Fsp3) is 0.263. The summed E-state index contributed by atoms with van der Waals surface area (Å²) in [6, 6.07) is 3.04. The van der Waals surface area contributed by atoms with Gasteiger partial charge in [-0.1, -0.05) is 0 Å². The Labute approximate surface area is 159 Å². The molecule has 3 heterocycles. The zero-order chi connectivity index (χ0) is 19.0. The molecule has 0 radical (unpaired) electrons. The van der Waals surface area contributed by atoms with Gasteiger partial charge >= 0.3 is 0 Å². The summed E-state index contributed by atoms with van der Waals surface area (Å²) in [6.07, 6.45) is 5.09. The van der Waals surface area contributed by atoms with Gasteiger partial charge in [-0.25, -0.2) is 24.3 Å². The van der Waals surface area contributed by atoms with Crippen LogP contribution in [0.1, 0.15) is 17.3 Å². The van der Waals surface area contributed by atoms with Crippen LogP contribution < -0.4 is 4.74 Å². The summed E-state index contributed by atoms with van der Waals surface area (Å²) in [6.45, 7) is 1.86. The molecule has 0 aliphatic carbocycles. The van der Waals surface area contributed by atoms with Crippen LogP contribution in [0.3, 0.4) is 0 Å². The lowest BCUT2D eigenvalue weighted by Crippen LogP contribution is -2.05. The van der Waals surface area contributed by atoms with Crippen LogP contribution in [0.15, 0.2) is 29.9 Å². The van der Waals surface area contributed by atoms with E-state index in [2.05, 4.69) is 19.9 Å². The molecule has 0 unspecified atom stereocenters. The number of methoxy groups -OCH3 is 1. The second-order valence-corrected chi connectivity index (χ2v) is 7.11. The topological polar surface area (TPSA) is 65.7 Å². The molecule has 27 heavy (non-hydrogen) atoms. The molecule has 3 aromatic heterocycles. The van der Waals surface area contributed by atoms with Gasteiger partial charge in [-0.2, -0.15) is 0 Å². The van der Waals surface area contributed by atoms with Crippen LogP contribution in [0, 0.1) is 12.7 Å². The van der Waals surface area contributed by atoms with E-state index in [1.54, 1.807) is 23.6 Å². The molecule has 0 spiro atoms. The van der Waals surface area contributed by atoms with Crippen LogP contribution in [-0.2, 0) is 19.9 Å². The molecule has 0 N–H and O–H groups in total. The van der Waals surface area contributed by atoms with Crippen molar-refractivity contribution in [3.63, 3.8) is 0 Å². The maximum Gasteiger partial charge on any atom is 0.165 e. The number of thiazole rings is 1. The minimum absolute atomic E-state index is 0.184. The van der Waals surface area contributed by atoms with Gasteiger partial charge in [0.15, 0.2) is 11.6 Å². The highest BCUT2D eigenvalue weighted by Crippen LogP contribution is 2.25. The lowest BCUT2D eigenvalue weighted by atomic mass is 10.1. The number of imidazole rings is 1. The van der Waals surface area contributed by atoms with Crippen molar-refractivity contribution >= 4 is 22.2 Å². The number of ether oxygens (including phenoxy) is 1. The molecule has 6 nitrogen and oxygen atoms in total. The lowest BCUT2D eigenvalue weighted by molar-refractivity contribution is 0.387. The molecule has 0 saturated carbocycles. The average Bonchev–Trinajstić information content (AvgIpc) is 3.30. The van der Waals surface area contributed by atoms with E-state index in [-0.39, 0.29) is 5.75 Å². The van der Waals surface area contributed by atoms with Crippen molar-refractivity contribution in [2.75, 3.05) is 7.11 Å². The first-order valence-corrected chi connectivity index (χ1v) is 9.36. The van der Waals surface area contributed by atoms with Gasteiger partial charge in [-0.15, -0.1) is 11.3 Å². The first-order chi connectivity index (χ1) is 13.0. The zero-order valence-electron chi connectivity index (χ0n) is 15.2. The fourth-order valence-electron chi connectivity index (χ4n) is 3.02. The van der Waals surface area contributed by atoms with Gasteiger partial charge in [0.1, 0.15) is 22.4 Å². The standard InChI is InChI=1S/C19H18FN5OS/c1-11-12-8-13(20)16(26-3)9-14(12)23-17(22-11)4-5-18-24-15(10-25(18)2)19-21-6-7-27-19/h6-10H,4-5H2,1-3H3. The number of nitrogens with zero attached hydrogens (tertiary/aromatic N) is 5. The quantitative estimate of drug-likeness (QED) is 0.525. The third-order valence-electron chi connectivity index (χ3n) is 4.40. The van der Waals surface area contributed by atoms with Gasteiger partial charge in [-0.3, -0.25) is 0 Å². The normalized spacial score (nSPS) is 11.3. The van der Waals surface area contributed by atoms with Crippen molar-refractivity contribution in [3.8, 4) is 16.5 Å². The number of hydrogen-bond donors (Lipinski definition) is 0. The Morgan fingerprint density at radius 2 is 2.04 bits per heavy atom. The summed E-state index contributed by atoms with van der Waals surface area (Å²) < 4.78 is 21.0. The monoisotopic (exact) mass is 383 g/mol. The Morgan fingerprint density at radius 3 is 2.78 bits per heavy atom. The molecule has 4 rings (SSSR count). The summed E-state index contributed by atoms with van der Waals surface area (Å²) >= 11 is 1.57. The Hall–Kier alpha value is -2.87.